The van der Waals surface area contributed by atoms with Crippen molar-refractivity contribution in [3.8, 4) is 0 Å². The van der Waals surface area contributed by atoms with Gasteiger partial charge in [0.15, 0.2) is 0 Å². The Kier molecular flexibility index (Phi) is 4.78. The molecule has 0 spiro atoms. The van der Waals surface area contributed by atoms with Crippen molar-refractivity contribution in [2.45, 2.75) is 20.3 Å². The maximum atomic E-state index is 13.8. The summed E-state index contributed by atoms with van der Waals surface area (Å²) in [5.74, 6) is -2.45. The molecule has 7 heteroatoms. The lowest BCUT2D eigenvalue weighted by Gasteiger charge is -2.15. The summed E-state index contributed by atoms with van der Waals surface area (Å²) in [4.78, 5) is 37.6. The predicted octanol–water partition coefficient (Wildman–Crippen LogP) is 3.72. The molecule has 2 aromatic carbocycles. The second kappa shape index (κ2) is 6.88. The molecule has 2 aromatic rings. The van der Waals surface area contributed by atoms with Crippen molar-refractivity contribution >= 4 is 35.0 Å². The molecule has 1 N–H and O–H groups in total. The minimum Gasteiger partial charge on any atom is -0.324 e. The molecule has 1 heterocycles. The number of aryl methyl sites for hydroxylation is 2. The third kappa shape index (κ3) is 3.20. The predicted molar refractivity (Wildman–Crippen MR) is 95.9 cm³/mol. The number of anilines is 1. The molecule has 0 aliphatic carbocycles. The fourth-order valence-corrected chi connectivity index (χ4v) is 3.35. The molecular formula is C19H16ClFN2O3. The van der Waals surface area contributed by atoms with Crippen LogP contribution < -0.4 is 5.32 Å². The number of halogens is 2. The monoisotopic (exact) mass is 374 g/mol. The number of amides is 3. The van der Waals surface area contributed by atoms with Gasteiger partial charge in [-0.1, -0.05) is 23.7 Å². The van der Waals surface area contributed by atoms with Gasteiger partial charge >= 0.3 is 0 Å². The Morgan fingerprint density at radius 2 is 1.92 bits per heavy atom. The Hall–Kier alpha value is -2.73. The van der Waals surface area contributed by atoms with E-state index in [0.29, 0.717) is 10.7 Å². The van der Waals surface area contributed by atoms with Crippen LogP contribution in [-0.4, -0.2) is 29.2 Å². The van der Waals surface area contributed by atoms with Crippen LogP contribution in [0.15, 0.2) is 30.3 Å². The largest absolute Gasteiger partial charge is 0.324 e. The topological polar surface area (TPSA) is 66.5 Å². The highest BCUT2D eigenvalue weighted by molar-refractivity contribution is 6.34. The Labute approximate surface area is 154 Å². The van der Waals surface area contributed by atoms with Crippen LogP contribution >= 0.6 is 11.6 Å². The molecule has 26 heavy (non-hydrogen) atoms. The summed E-state index contributed by atoms with van der Waals surface area (Å²) < 4.78 is 13.8. The van der Waals surface area contributed by atoms with Crippen LogP contribution in [0.2, 0.25) is 5.02 Å². The summed E-state index contributed by atoms with van der Waals surface area (Å²) in [5.41, 5.74) is 2.06. The number of hydrogen-bond acceptors (Lipinski definition) is 3. The standard InChI is InChI=1S/C19H16ClFN2O3/c1-10-8-11(2)17(13(20)9-10)22-15(24)6-7-23-18(25)12-4-3-5-14(21)16(12)19(23)26/h3-5,8-9H,6-7H2,1-2H3,(H,22,24). The number of rotatable bonds is 4. The van der Waals surface area contributed by atoms with Gasteiger partial charge in [0.1, 0.15) is 5.82 Å². The lowest BCUT2D eigenvalue weighted by atomic mass is 10.1. The number of carbonyl (C=O) groups excluding carboxylic acids is 3. The molecule has 3 amide bonds. The van der Waals surface area contributed by atoms with Crippen LogP contribution in [0.4, 0.5) is 10.1 Å². The third-order valence-corrected chi connectivity index (χ3v) is 4.50. The molecule has 0 unspecified atom stereocenters. The summed E-state index contributed by atoms with van der Waals surface area (Å²) in [7, 11) is 0. The normalized spacial score (nSPS) is 13.2. The van der Waals surface area contributed by atoms with E-state index < -0.39 is 23.5 Å². The second-order valence-electron chi connectivity index (χ2n) is 6.16. The SMILES string of the molecule is Cc1cc(C)c(NC(=O)CCN2C(=O)c3cccc(F)c3C2=O)c(Cl)c1. The van der Waals surface area contributed by atoms with Crippen LogP contribution in [0.5, 0.6) is 0 Å². The molecule has 0 fully saturated rings. The summed E-state index contributed by atoms with van der Waals surface area (Å²) >= 11 is 6.16. The first-order valence-corrected chi connectivity index (χ1v) is 8.38. The van der Waals surface area contributed by atoms with E-state index in [9.17, 15) is 18.8 Å². The molecule has 5 nitrogen and oxygen atoms in total. The van der Waals surface area contributed by atoms with Crippen LogP contribution in [0.25, 0.3) is 0 Å². The number of imide groups is 1. The third-order valence-electron chi connectivity index (χ3n) is 4.21. The molecule has 0 atom stereocenters. The van der Waals surface area contributed by atoms with E-state index in [4.69, 9.17) is 11.6 Å². The fourth-order valence-electron chi connectivity index (χ4n) is 2.98. The first-order chi connectivity index (χ1) is 12.3. The average Bonchev–Trinajstić information content (AvgIpc) is 2.81. The first-order valence-electron chi connectivity index (χ1n) is 8.01. The molecular weight excluding hydrogens is 359 g/mol. The van der Waals surface area contributed by atoms with Gasteiger partial charge in [0.25, 0.3) is 11.8 Å². The molecule has 0 bridgehead atoms. The maximum Gasteiger partial charge on any atom is 0.264 e. The molecule has 0 saturated carbocycles. The van der Waals surface area contributed by atoms with Crippen molar-refractivity contribution in [3.05, 3.63) is 63.4 Å². The van der Waals surface area contributed by atoms with Crippen LogP contribution in [0, 0.1) is 19.7 Å². The van der Waals surface area contributed by atoms with Gasteiger partial charge in [-0.15, -0.1) is 0 Å². The van der Waals surface area contributed by atoms with Crippen LogP contribution in [0.3, 0.4) is 0 Å². The lowest BCUT2D eigenvalue weighted by Crippen LogP contribution is -2.33. The Morgan fingerprint density at radius 1 is 1.19 bits per heavy atom. The highest BCUT2D eigenvalue weighted by Crippen LogP contribution is 2.28. The Morgan fingerprint density at radius 3 is 2.58 bits per heavy atom. The number of hydrogen-bond donors (Lipinski definition) is 1. The van der Waals surface area contributed by atoms with E-state index in [0.717, 1.165) is 22.1 Å². The molecule has 0 radical (unpaired) electrons. The quantitative estimate of drug-likeness (QED) is 0.829. The zero-order valence-electron chi connectivity index (χ0n) is 14.2. The average molecular weight is 375 g/mol. The zero-order chi connectivity index (χ0) is 19.0. The summed E-state index contributed by atoms with van der Waals surface area (Å²) in [6.07, 6.45) is -0.114. The van der Waals surface area contributed by atoms with Gasteiger partial charge in [-0.2, -0.15) is 0 Å². The molecule has 0 aromatic heterocycles. The van der Waals surface area contributed by atoms with Crippen molar-refractivity contribution < 1.29 is 18.8 Å². The van der Waals surface area contributed by atoms with E-state index in [1.54, 1.807) is 6.07 Å². The summed E-state index contributed by atoms with van der Waals surface area (Å²) in [6.45, 7) is 3.58. The van der Waals surface area contributed by atoms with E-state index in [-0.39, 0.29) is 24.1 Å². The van der Waals surface area contributed by atoms with Crippen molar-refractivity contribution in [2.75, 3.05) is 11.9 Å². The first kappa shape index (κ1) is 18.1. The molecule has 0 saturated heterocycles. The van der Waals surface area contributed by atoms with Crippen molar-refractivity contribution in [1.29, 1.82) is 0 Å². The van der Waals surface area contributed by atoms with E-state index in [1.807, 2.05) is 19.9 Å². The number of benzene rings is 2. The zero-order valence-corrected chi connectivity index (χ0v) is 15.0. The highest BCUT2D eigenvalue weighted by Gasteiger charge is 2.37. The van der Waals surface area contributed by atoms with E-state index in [1.165, 1.54) is 12.1 Å². The van der Waals surface area contributed by atoms with Gasteiger partial charge in [-0.25, -0.2) is 4.39 Å². The van der Waals surface area contributed by atoms with Crippen LogP contribution in [0.1, 0.15) is 38.3 Å². The van der Waals surface area contributed by atoms with Gasteiger partial charge in [0.05, 0.1) is 21.8 Å². The fraction of sp³-hybridized carbons (Fsp3) is 0.211. The van der Waals surface area contributed by atoms with Gasteiger partial charge in [0, 0.05) is 13.0 Å². The van der Waals surface area contributed by atoms with Gasteiger partial charge in [-0.3, -0.25) is 19.3 Å². The minimum absolute atomic E-state index is 0.0211. The molecule has 1 aliphatic heterocycles. The minimum atomic E-state index is -0.741. The number of fused-ring (bicyclic) bond motifs is 1. The molecule has 1 aliphatic rings. The molecule has 3 rings (SSSR count). The Bertz CT molecular complexity index is 919. The van der Waals surface area contributed by atoms with E-state index in [2.05, 4.69) is 5.32 Å². The number of nitrogens with one attached hydrogen (secondary N) is 1. The lowest BCUT2D eigenvalue weighted by molar-refractivity contribution is -0.116. The highest BCUT2D eigenvalue weighted by atomic mass is 35.5. The van der Waals surface area contributed by atoms with Gasteiger partial charge < -0.3 is 5.32 Å². The number of nitrogens with zero attached hydrogens (tertiary/aromatic N) is 1. The Balaban J connectivity index is 1.69. The van der Waals surface area contributed by atoms with Gasteiger partial charge in [0.2, 0.25) is 5.91 Å². The summed E-state index contributed by atoms with van der Waals surface area (Å²) in [6, 6.07) is 7.51. The smallest absolute Gasteiger partial charge is 0.264 e. The molecule has 134 valence electrons. The van der Waals surface area contributed by atoms with Crippen molar-refractivity contribution in [1.82, 2.24) is 4.90 Å². The van der Waals surface area contributed by atoms with Crippen molar-refractivity contribution in [2.24, 2.45) is 0 Å². The van der Waals surface area contributed by atoms with E-state index >= 15 is 0 Å². The second-order valence-corrected chi connectivity index (χ2v) is 6.57. The number of carbonyl (C=O) groups is 3. The van der Waals surface area contributed by atoms with Gasteiger partial charge in [-0.05, 0) is 43.2 Å². The maximum absolute atomic E-state index is 13.8. The van der Waals surface area contributed by atoms with Crippen LogP contribution in [-0.2, 0) is 4.79 Å². The summed E-state index contributed by atoms with van der Waals surface area (Å²) in [5, 5.41) is 3.11. The van der Waals surface area contributed by atoms with Crippen molar-refractivity contribution in [3.63, 3.8) is 0 Å².